The van der Waals surface area contributed by atoms with Crippen molar-refractivity contribution in [2.45, 2.75) is 30.6 Å². The van der Waals surface area contributed by atoms with E-state index in [1.54, 1.807) is 24.3 Å². The molecule has 1 amide bonds. The molecule has 140 valence electrons. The summed E-state index contributed by atoms with van der Waals surface area (Å²) in [5.41, 5.74) is 4.48. The number of benzene rings is 2. The lowest BCUT2D eigenvalue weighted by Gasteiger charge is -2.20. The maximum Gasteiger partial charge on any atom is 0.234 e. The Hall–Kier alpha value is -2.55. The second-order valence-corrected chi connectivity index (χ2v) is 8.19. The highest BCUT2D eigenvalue weighted by Gasteiger charge is 2.19. The van der Waals surface area contributed by atoms with Crippen LogP contribution in [-0.4, -0.2) is 16.6 Å². The standard InChI is InChI=1S/C22H18ClN3OS/c23-15-8-9-20-18(11-15)22(17-6-1-2-7-19(17)26-20)28-13-21(27)25-16-5-3-4-14(10-16)12-24/h3-5,8-11H,1-2,6-7,13H2,(H,25,27). The average Bonchev–Trinajstić information content (AvgIpc) is 2.71. The molecule has 0 bridgehead atoms. The summed E-state index contributed by atoms with van der Waals surface area (Å²) < 4.78 is 0. The van der Waals surface area contributed by atoms with Crippen molar-refractivity contribution in [3.63, 3.8) is 0 Å². The zero-order valence-corrected chi connectivity index (χ0v) is 16.7. The molecule has 0 radical (unpaired) electrons. The molecular formula is C22H18ClN3OS. The third-order valence-corrected chi connectivity index (χ3v) is 6.19. The van der Waals surface area contributed by atoms with Crippen molar-refractivity contribution >= 4 is 45.9 Å². The Labute approximate surface area is 172 Å². The molecule has 1 aliphatic carbocycles. The number of aromatic nitrogens is 1. The highest BCUT2D eigenvalue weighted by atomic mass is 35.5. The van der Waals surface area contributed by atoms with E-state index in [-0.39, 0.29) is 11.7 Å². The van der Waals surface area contributed by atoms with Crippen molar-refractivity contribution < 1.29 is 4.79 Å². The highest BCUT2D eigenvalue weighted by Crippen LogP contribution is 2.37. The molecule has 0 saturated heterocycles. The van der Waals surface area contributed by atoms with Crippen LogP contribution in [0, 0.1) is 11.3 Å². The van der Waals surface area contributed by atoms with Gasteiger partial charge in [0.15, 0.2) is 0 Å². The number of carbonyl (C=O) groups is 1. The van der Waals surface area contributed by atoms with E-state index in [0.717, 1.165) is 47.2 Å². The number of amides is 1. The van der Waals surface area contributed by atoms with Gasteiger partial charge in [0.25, 0.3) is 0 Å². The third kappa shape index (κ3) is 3.99. The minimum absolute atomic E-state index is 0.100. The molecule has 0 spiro atoms. The van der Waals surface area contributed by atoms with Crippen LogP contribution in [0.5, 0.6) is 0 Å². The van der Waals surface area contributed by atoms with Crippen molar-refractivity contribution in [3.8, 4) is 6.07 Å². The molecule has 0 atom stereocenters. The van der Waals surface area contributed by atoms with Crippen LogP contribution < -0.4 is 5.32 Å². The van der Waals surface area contributed by atoms with E-state index in [9.17, 15) is 4.79 Å². The van der Waals surface area contributed by atoms with Gasteiger partial charge >= 0.3 is 0 Å². The van der Waals surface area contributed by atoms with Gasteiger partial charge in [-0.05, 0) is 67.6 Å². The Bertz CT molecular complexity index is 1110. The van der Waals surface area contributed by atoms with E-state index in [4.69, 9.17) is 21.8 Å². The number of hydrogen-bond acceptors (Lipinski definition) is 4. The molecule has 28 heavy (non-hydrogen) atoms. The molecule has 4 nitrogen and oxygen atoms in total. The van der Waals surface area contributed by atoms with E-state index in [2.05, 4.69) is 11.4 Å². The van der Waals surface area contributed by atoms with Gasteiger partial charge in [0.1, 0.15) is 0 Å². The molecule has 1 heterocycles. The summed E-state index contributed by atoms with van der Waals surface area (Å²) in [6, 6.07) is 14.8. The zero-order valence-electron chi connectivity index (χ0n) is 15.2. The number of anilines is 1. The van der Waals surface area contributed by atoms with Crippen molar-refractivity contribution in [3.05, 3.63) is 64.3 Å². The van der Waals surface area contributed by atoms with E-state index in [0.29, 0.717) is 16.3 Å². The topological polar surface area (TPSA) is 65.8 Å². The molecule has 6 heteroatoms. The van der Waals surface area contributed by atoms with Crippen LogP contribution in [0.1, 0.15) is 29.7 Å². The molecule has 1 aromatic heterocycles. The number of nitriles is 1. The first-order chi connectivity index (χ1) is 13.6. The van der Waals surface area contributed by atoms with E-state index in [1.807, 2.05) is 18.2 Å². The predicted molar refractivity (Wildman–Crippen MR) is 114 cm³/mol. The lowest BCUT2D eigenvalue weighted by Crippen LogP contribution is -2.15. The quantitative estimate of drug-likeness (QED) is 0.590. The van der Waals surface area contributed by atoms with Crippen LogP contribution in [-0.2, 0) is 17.6 Å². The number of hydrogen-bond donors (Lipinski definition) is 1. The molecular weight excluding hydrogens is 390 g/mol. The number of thioether (sulfide) groups is 1. The summed E-state index contributed by atoms with van der Waals surface area (Å²) in [6.45, 7) is 0. The van der Waals surface area contributed by atoms with Crippen LogP contribution in [0.2, 0.25) is 5.02 Å². The van der Waals surface area contributed by atoms with Crippen molar-refractivity contribution in [2.75, 3.05) is 11.1 Å². The summed E-state index contributed by atoms with van der Waals surface area (Å²) in [5.74, 6) is 0.186. The number of aryl methyl sites for hydroxylation is 1. The molecule has 1 aliphatic rings. The largest absolute Gasteiger partial charge is 0.325 e. The zero-order chi connectivity index (χ0) is 19.5. The van der Waals surface area contributed by atoms with Crippen LogP contribution in [0.25, 0.3) is 10.9 Å². The molecule has 1 N–H and O–H groups in total. The van der Waals surface area contributed by atoms with Crippen molar-refractivity contribution in [1.29, 1.82) is 5.26 Å². The molecule has 0 fully saturated rings. The number of nitrogens with zero attached hydrogens (tertiary/aromatic N) is 2. The van der Waals surface area contributed by atoms with E-state index >= 15 is 0 Å². The van der Waals surface area contributed by atoms with Crippen LogP contribution >= 0.6 is 23.4 Å². The maximum atomic E-state index is 12.5. The summed E-state index contributed by atoms with van der Waals surface area (Å²) in [5, 5.41) is 13.6. The Morgan fingerprint density at radius 1 is 1.21 bits per heavy atom. The molecule has 4 rings (SSSR count). The SMILES string of the molecule is N#Cc1cccc(NC(=O)CSc2c3c(nc4ccc(Cl)cc24)CCCC3)c1. The van der Waals surface area contributed by atoms with Gasteiger partial charge in [0.2, 0.25) is 5.91 Å². The van der Waals surface area contributed by atoms with Gasteiger partial charge in [-0.2, -0.15) is 5.26 Å². The highest BCUT2D eigenvalue weighted by molar-refractivity contribution is 8.00. The molecule has 0 saturated carbocycles. The van der Waals surface area contributed by atoms with Gasteiger partial charge < -0.3 is 5.32 Å². The lowest BCUT2D eigenvalue weighted by atomic mass is 9.94. The smallest absolute Gasteiger partial charge is 0.234 e. The van der Waals surface area contributed by atoms with Gasteiger partial charge in [-0.3, -0.25) is 9.78 Å². The van der Waals surface area contributed by atoms with Crippen molar-refractivity contribution in [2.24, 2.45) is 0 Å². The fraction of sp³-hybridized carbons (Fsp3) is 0.227. The van der Waals surface area contributed by atoms with Crippen molar-refractivity contribution in [1.82, 2.24) is 4.98 Å². The Kier molecular flexibility index (Phi) is 5.52. The lowest BCUT2D eigenvalue weighted by molar-refractivity contribution is -0.113. The summed E-state index contributed by atoms with van der Waals surface area (Å²) in [6.07, 6.45) is 4.26. The Morgan fingerprint density at radius 3 is 2.93 bits per heavy atom. The average molecular weight is 408 g/mol. The van der Waals surface area contributed by atoms with Gasteiger partial charge in [0.05, 0.1) is 22.9 Å². The first-order valence-electron chi connectivity index (χ1n) is 9.18. The number of pyridine rings is 1. The molecule has 0 aliphatic heterocycles. The first-order valence-corrected chi connectivity index (χ1v) is 10.5. The van der Waals surface area contributed by atoms with E-state index in [1.165, 1.54) is 17.3 Å². The Balaban J connectivity index is 1.59. The monoisotopic (exact) mass is 407 g/mol. The normalized spacial score (nSPS) is 13.0. The summed E-state index contributed by atoms with van der Waals surface area (Å²) in [4.78, 5) is 18.4. The van der Waals surface area contributed by atoms with Gasteiger partial charge in [0, 0.05) is 26.7 Å². The number of nitrogens with one attached hydrogen (secondary N) is 1. The Morgan fingerprint density at radius 2 is 2.07 bits per heavy atom. The molecule has 0 unspecified atom stereocenters. The number of fused-ring (bicyclic) bond motifs is 2. The molecule has 2 aromatic carbocycles. The molecule has 3 aromatic rings. The minimum atomic E-state index is -0.100. The third-order valence-electron chi connectivity index (χ3n) is 4.79. The predicted octanol–water partition coefficient (Wildman–Crippen LogP) is 5.37. The summed E-state index contributed by atoms with van der Waals surface area (Å²) >= 11 is 7.76. The fourth-order valence-corrected chi connectivity index (χ4v) is 4.75. The van der Waals surface area contributed by atoms with Crippen LogP contribution in [0.15, 0.2) is 47.4 Å². The fourth-order valence-electron chi connectivity index (χ4n) is 3.52. The number of rotatable bonds is 4. The second kappa shape index (κ2) is 8.22. The number of halogens is 1. The maximum absolute atomic E-state index is 12.5. The van der Waals surface area contributed by atoms with E-state index < -0.39 is 0 Å². The van der Waals surface area contributed by atoms with Gasteiger partial charge in [-0.25, -0.2) is 0 Å². The van der Waals surface area contributed by atoms with Gasteiger partial charge in [-0.15, -0.1) is 11.8 Å². The number of carbonyl (C=O) groups excluding carboxylic acids is 1. The second-order valence-electron chi connectivity index (χ2n) is 6.76. The summed E-state index contributed by atoms with van der Waals surface area (Å²) in [7, 11) is 0. The first kappa shape index (κ1) is 18.8. The minimum Gasteiger partial charge on any atom is -0.325 e. The van der Waals surface area contributed by atoms with Gasteiger partial charge in [-0.1, -0.05) is 17.7 Å². The van der Waals surface area contributed by atoms with Crippen LogP contribution in [0.4, 0.5) is 5.69 Å². The van der Waals surface area contributed by atoms with Crippen LogP contribution in [0.3, 0.4) is 0 Å².